The molecule has 2 heterocycles. The van der Waals surface area contributed by atoms with E-state index in [-0.39, 0.29) is 4.90 Å². The Morgan fingerprint density at radius 2 is 1.86 bits per heavy atom. The first-order chi connectivity index (χ1) is 13.7. The highest BCUT2D eigenvalue weighted by Gasteiger charge is 2.49. The summed E-state index contributed by atoms with van der Waals surface area (Å²) in [6, 6.07) is 11.7. The fourth-order valence-corrected chi connectivity index (χ4v) is 5.77. The molecule has 1 unspecified atom stereocenters. The van der Waals surface area contributed by atoms with Crippen molar-refractivity contribution in [2.45, 2.75) is 36.8 Å². The molecule has 3 aromatic rings. The van der Waals surface area contributed by atoms with Gasteiger partial charge >= 0.3 is 5.97 Å². The summed E-state index contributed by atoms with van der Waals surface area (Å²) in [5, 5.41) is 0.781. The normalized spacial score (nSPS) is 23.5. The second-order valence-corrected chi connectivity index (χ2v) is 9.60. The van der Waals surface area contributed by atoms with E-state index < -0.39 is 27.6 Å². The summed E-state index contributed by atoms with van der Waals surface area (Å²) >= 11 is 0. The molecule has 0 fully saturated rings. The molecule has 6 nitrogen and oxygen atoms in total. The molecule has 2 aromatic carbocycles. The Morgan fingerprint density at radius 1 is 1.14 bits per heavy atom. The van der Waals surface area contributed by atoms with Gasteiger partial charge in [-0.05, 0) is 50.1 Å². The Bertz CT molecular complexity index is 1320. The van der Waals surface area contributed by atoms with E-state index in [0.717, 1.165) is 22.1 Å². The van der Waals surface area contributed by atoms with Crippen LogP contribution in [0.3, 0.4) is 0 Å². The molecule has 148 valence electrons. The summed E-state index contributed by atoms with van der Waals surface area (Å²) in [7, 11) is -3.78. The maximum atomic E-state index is 13.4. The molecular formula is C22H20N2O4S. The maximum Gasteiger partial charge on any atom is 0.334 e. The molecule has 2 atom stereocenters. The van der Waals surface area contributed by atoms with E-state index in [0.29, 0.717) is 17.5 Å². The molecule has 1 aromatic heterocycles. The second kappa shape index (κ2) is 5.81. The van der Waals surface area contributed by atoms with Gasteiger partial charge in [-0.3, -0.25) is 0 Å². The number of benzene rings is 2. The van der Waals surface area contributed by atoms with Crippen LogP contribution in [-0.4, -0.2) is 24.4 Å². The molecule has 0 saturated heterocycles. The average Bonchev–Trinajstić information content (AvgIpc) is 3.20. The minimum Gasteiger partial charge on any atom is -0.445 e. The van der Waals surface area contributed by atoms with Crippen molar-refractivity contribution in [2.24, 2.45) is 5.73 Å². The monoisotopic (exact) mass is 408 g/mol. The van der Waals surface area contributed by atoms with Crippen molar-refractivity contribution in [1.82, 2.24) is 3.97 Å². The molecule has 7 heteroatoms. The number of ether oxygens (including phenoxy) is 1. The lowest BCUT2D eigenvalue weighted by Crippen LogP contribution is -2.48. The molecule has 2 N–H and O–H groups in total. The van der Waals surface area contributed by atoms with Crippen molar-refractivity contribution in [3.05, 3.63) is 77.0 Å². The first-order valence-corrected chi connectivity index (χ1v) is 10.8. The summed E-state index contributed by atoms with van der Waals surface area (Å²) in [4.78, 5) is 12.4. The lowest BCUT2D eigenvalue weighted by molar-refractivity contribution is -0.149. The molecule has 0 amide bonds. The number of nitrogens with two attached hydrogens (primary N) is 1. The van der Waals surface area contributed by atoms with Crippen LogP contribution in [-0.2, 0) is 31.6 Å². The van der Waals surface area contributed by atoms with E-state index in [4.69, 9.17) is 10.5 Å². The van der Waals surface area contributed by atoms with Crippen LogP contribution < -0.4 is 5.73 Å². The summed E-state index contributed by atoms with van der Waals surface area (Å²) < 4.78 is 33.8. The lowest BCUT2D eigenvalue weighted by Gasteiger charge is -2.36. The number of carbonyl (C=O) groups excluding carboxylic acids is 1. The molecule has 29 heavy (non-hydrogen) atoms. The van der Waals surface area contributed by atoms with Crippen LogP contribution in [0.15, 0.2) is 65.2 Å². The van der Waals surface area contributed by atoms with Crippen LogP contribution in [0, 0.1) is 6.92 Å². The number of hydrogen-bond donors (Lipinski definition) is 1. The van der Waals surface area contributed by atoms with Crippen molar-refractivity contribution in [3.8, 4) is 0 Å². The summed E-state index contributed by atoms with van der Waals surface area (Å²) in [6.07, 6.45) is 3.81. The minimum absolute atomic E-state index is 0.221. The van der Waals surface area contributed by atoms with Gasteiger partial charge in [0.05, 0.1) is 16.5 Å². The Kier molecular flexibility index (Phi) is 3.63. The van der Waals surface area contributed by atoms with Gasteiger partial charge in [-0.2, -0.15) is 0 Å². The van der Waals surface area contributed by atoms with Crippen LogP contribution in [0.4, 0.5) is 0 Å². The molecule has 0 bridgehead atoms. The largest absolute Gasteiger partial charge is 0.445 e. The number of hydrogen-bond acceptors (Lipinski definition) is 5. The van der Waals surface area contributed by atoms with Crippen molar-refractivity contribution in [1.29, 1.82) is 0 Å². The molecule has 1 aliphatic heterocycles. The predicted octanol–water partition coefficient (Wildman–Crippen LogP) is 2.77. The third kappa shape index (κ3) is 2.37. The molecule has 5 rings (SSSR count). The van der Waals surface area contributed by atoms with Gasteiger partial charge in [-0.25, -0.2) is 17.2 Å². The molecule has 2 aliphatic rings. The SMILES string of the molecule is CC1=C[C@]2(OC1=O)c1cccc3c1c(cn3S(=O)(=O)c1ccc(C)cc1)CC2N. The van der Waals surface area contributed by atoms with E-state index in [1.54, 1.807) is 55.6 Å². The van der Waals surface area contributed by atoms with Gasteiger partial charge < -0.3 is 10.5 Å². The third-order valence-electron chi connectivity index (χ3n) is 5.88. The molecule has 1 aliphatic carbocycles. The predicted molar refractivity (Wildman–Crippen MR) is 109 cm³/mol. The van der Waals surface area contributed by atoms with Crippen LogP contribution >= 0.6 is 0 Å². The Morgan fingerprint density at radius 3 is 2.52 bits per heavy atom. The van der Waals surface area contributed by atoms with Crippen LogP contribution in [0.5, 0.6) is 0 Å². The molecular weight excluding hydrogens is 388 g/mol. The van der Waals surface area contributed by atoms with E-state index in [9.17, 15) is 13.2 Å². The van der Waals surface area contributed by atoms with Gasteiger partial charge in [0, 0.05) is 22.7 Å². The first kappa shape index (κ1) is 18.1. The van der Waals surface area contributed by atoms with Crippen LogP contribution in [0.2, 0.25) is 0 Å². The van der Waals surface area contributed by atoms with E-state index in [2.05, 4.69) is 0 Å². The Balaban J connectivity index is 1.77. The van der Waals surface area contributed by atoms with Gasteiger partial charge in [-0.1, -0.05) is 29.8 Å². The van der Waals surface area contributed by atoms with Crippen molar-refractivity contribution >= 4 is 26.9 Å². The van der Waals surface area contributed by atoms with Gasteiger partial charge in [0.1, 0.15) is 0 Å². The zero-order valence-corrected chi connectivity index (χ0v) is 16.9. The number of fused-ring (bicyclic) bond motifs is 1. The highest BCUT2D eigenvalue weighted by atomic mass is 32.2. The van der Waals surface area contributed by atoms with Crippen molar-refractivity contribution in [3.63, 3.8) is 0 Å². The highest BCUT2D eigenvalue weighted by Crippen LogP contribution is 2.46. The smallest absolute Gasteiger partial charge is 0.334 e. The highest BCUT2D eigenvalue weighted by molar-refractivity contribution is 7.90. The molecule has 0 radical (unpaired) electrons. The van der Waals surface area contributed by atoms with Crippen LogP contribution in [0.25, 0.3) is 10.9 Å². The summed E-state index contributed by atoms with van der Waals surface area (Å²) in [5.41, 5.74) is 9.00. The van der Waals surface area contributed by atoms with Gasteiger partial charge in [0.2, 0.25) is 0 Å². The maximum absolute atomic E-state index is 13.4. The number of nitrogens with zero attached hydrogens (tertiary/aromatic N) is 1. The summed E-state index contributed by atoms with van der Waals surface area (Å²) in [5.74, 6) is -0.396. The van der Waals surface area contributed by atoms with Crippen LogP contribution in [0.1, 0.15) is 23.6 Å². The summed E-state index contributed by atoms with van der Waals surface area (Å²) in [6.45, 7) is 3.61. The Labute approximate surface area is 168 Å². The topological polar surface area (TPSA) is 91.4 Å². The number of aromatic nitrogens is 1. The minimum atomic E-state index is -3.78. The lowest BCUT2D eigenvalue weighted by atomic mass is 9.76. The van der Waals surface area contributed by atoms with E-state index >= 15 is 0 Å². The first-order valence-electron chi connectivity index (χ1n) is 9.38. The fraction of sp³-hybridized carbons (Fsp3) is 0.227. The standard InChI is InChI=1S/C22H20N2O4S/c1-13-6-8-16(9-7-13)29(26,27)24-12-15-10-19(23)22(11-14(2)21(25)28-22)17-4-3-5-18(24)20(15)17/h3-9,11-12,19H,10,23H2,1-2H3/t19?,22-/m0/s1. The van der Waals surface area contributed by atoms with Crippen molar-refractivity contribution in [2.75, 3.05) is 0 Å². The average molecular weight is 408 g/mol. The number of rotatable bonds is 2. The number of esters is 1. The van der Waals surface area contributed by atoms with E-state index in [1.165, 1.54) is 3.97 Å². The van der Waals surface area contributed by atoms with Gasteiger partial charge in [0.15, 0.2) is 5.60 Å². The fourth-order valence-electron chi connectivity index (χ4n) is 4.39. The molecule has 0 saturated carbocycles. The number of aryl methyl sites for hydroxylation is 1. The third-order valence-corrected chi connectivity index (χ3v) is 7.57. The second-order valence-electron chi connectivity index (χ2n) is 7.79. The van der Waals surface area contributed by atoms with E-state index in [1.807, 2.05) is 13.0 Å². The van der Waals surface area contributed by atoms with Gasteiger partial charge in [0.25, 0.3) is 10.0 Å². The zero-order chi connectivity index (χ0) is 20.6. The quantitative estimate of drug-likeness (QED) is 0.659. The molecule has 1 spiro atoms. The van der Waals surface area contributed by atoms with Crippen molar-refractivity contribution < 1.29 is 17.9 Å². The number of carbonyl (C=O) groups is 1. The zero-order valence-electron chi connectivity index (χ0n) is 16.0. The van der Waals surface area contributed by atoms with Gasteiger partial charge in [-0.15, -0.1) is 0 Å². The Hall–Kier alpha value is -2.90.